The molecule has 3 N–H and O–H groups in total. The summed E-state index contributed by atoms with van der Waals surface area (Å²) in [5.74, 6) is 0. The zero-order valence-corrected chi connectivity index (χ0v) is 11.4. The second kappa shape index (κ2) is 4.00. The van der Waals surface area contributed by atoms with Crippen LogP contribution in [-0.4, -0.2) is 23.8 Å². The Morgan fingerprint density at radius 1 is 1.20 bits per heavy atom. The fraction of sp³-hybridized carbons (Fsp3) is 0.188. The number of nitrogens with one attached hydrogen (secondary N) is 1. The highest BCUT2D eigenvalue weighted by Gasteiger charge is 2.17. The van der Waals surface area contributed by atoms with E-state index in [1.54, 1.807) is 0 Å². The number of rotatable bonds is 1. The minimum absolute atomic E-state index is 0.753. The number of benzene rings is 2. The summed E-state index contributed by atoms with van der Waals surface area (Å²) in [5, 5.41) is 8.64. The maximum absolute atomic E-state index is 5.81. The molecule has 1 aliphatic rings. The molecular weight excluding hydrogens is 248 g/mol. The van der Waals surface area contributed by atoms with Crippen LogP contribution in [-0.2, 0) is 6.42 Å². The molecule has 0 saturated heterocycles. The van der Waals surface area contributed by atoms with Crippen LogP contribution in [0.25, 0.3) is 22.2 Å². The second-order valence-corrected chi connectivity index (χ2v) is 5.39. The Morgan fingerprint density at radius 2 is 2.10 bits per heavy atom. The fourth-order valence-electron chi connectivity index (χ4n) is 2.97. The lowest BCUT2D eigenvalue weighted by Crippen LogP contribution is -2.12. The van der Waals surface area contributed by atoms with Gasteiger partial charge in [0.2, 0.25) is 0 Å². The van der Waals surface area contributed by atoms with Gasteiger partial charge in [0.25, 0.3) is 0 Å². The van der Waals surface area contributed by atoms with Crippen molar-refractivity contribution in [2.75, 3.05) is 24.2 Å². The van der Waals surface area contributed by atoms with E-state index in [1.165, 1.54) is 11.3 Å². The van der Waals surface area contributed by atoms with Gasteiger partial charge in [0.15, 0.2) is 0 Å². The molecule has 0 fully saturated rings. The van der Waals surface area contributed by atoms with Crippen molar-refractivity contribution in [3.05, 3.63) is 42.0 Å². The maximum Gasteiger partial charge on any atom is 0.0999 e. The molecule has 20 heavy (non-hydrogen) atoms. The highest BCUT2D eigenvalue weighted by molar-refractivity contribution is 5.94. The van der Waals surface area contributed by atoms with Gasteiger partial charge in [0.05, 0.1) is 11.2 Å². The molecule has 0 radical (unpaired) electrons. The average Bonchev–Trinajstić information content (AvgIpc) is 3.02. The summed E-state index contributed by atoms with van der Waals surface area (Å²) in [7, 11) is 2.14. The SMILES string of the molecule is CN1CCc2cc(-c3n[nH]c4cc(N)ccc34)ccc21. The normalized spacial score (nSPS) is 13.9. The van der Waals surface area contributed by atoms with Crippen LogP contribution in [0.15, 0.2) is 36.4 Å². The summed E-state index contributed by atoms with van der Waals surface area (Å²) in [6, 6.07) is 12.5. The molecule has 4 nitrogen and oxygen atoms in total. The Balaban J connectivity index is 1.87. The van der Waals surface area contributed by atoms with Crippen LogP contribution in [0.3, 0.4) is 0 Å². The molecule has 0 aliphatic carbocycles. The first-order valence-corrected chi connectivity index (χ1v) is 6.80. The molecule has 0 bridgehead atoms. The van der Waals surface area contributed by atoms with Crippen LogP contribution in [0.5, 0.6) is 0 Å². The van der Waals surface area contributed by atoms with E-state index >= 15 is 0 Å². The van der Waals surface area contributed by atoms with Crippen molar-refractivity contribution in [2.24, 2.45) is 0 Å². The third kappa shape index (κ3) is 1.58. The molecule has 2 heterocycles. The van der Waals surface area contributed by atoms with Crippen molar-refractivity contribution in [3.63, 3.8) is 0 Å². The first-order chi connectivity index (χ1) is 9.72. The summed E-state index contributed by atoms with van der Waals surface area (Å²) in [6.45, 7) is 1.09. The predicted molar refractivity (Wildman–Crippen MR) is 82.9 cm³/mol. The summed E-state index contributed by atoms with van der Waals surface area (Å²) >= 11 is 0. The fourth-order valence-corrected chi connectivity index (χ4v) is 2.97. The third-order valence-corrected chi connectivity index (χ3v) is 4.07. The van der Waals surface area contributed by atoms with E-state index < -0.39 is 0 Å². The molecule has 4 heteroatoms. The van der Waals surface area contributed by atoms with Gasteiger partial charge in [-0.1, -0.05) is 6.07 Å². The molecular formula is C16H16N4. The predicted octanol–water partition coefficient (Wildman–Crippen LogP) is 2.80. The number of fused-ring (bicyclic) bond motifs is 2. The van der Waals surface area contributed by atoms with Crippen LogP contribution in [0, 0.1) is 0 Å². The summed E-state index contributed by atoms with van der Waals surface area (Å²) in [6.07, 6.45) is 1.11. The van der Waals surface area contributed by atoms with Crippen LogP contribution in [0.1, 0.15) is 5.56 Å². The lowest BCUT2D eigenvalue weighted by atomic mass is 10.0. The Kier molecular flexibility index (Phi) is 2.27. The minimum Gasteiger partial charge on any atom is -0.399 e. The van der Waals surface area contributed by atoms with Crippen molar-refractivity contribution in [1.29, 1.82) is 0 Å². The van der Waals surface area contributed by atoms with E-state index in [4.69, 9.17) is 5.73 Å². The Hall–Kier alpha value is -2.49. The highest BCUT2D eigenvalue weighted by atomic mass is 15.1. The summed E-state index contributed by atoms with van der Waals surface area (Å²) in [5.41, 5.74) is 12.4. The standard InChI is InChI=1S/C16H16N4/c1-20-7-6-10-8-11(2-5-15(10)20)16-13-4-3-12(17)9-14(13)18-19-16/h2-5,8-9H,6-7,17H2,1H3,(H,18,19). The Labute approximate surface area is 117 Å². The molecule has 0 amide bonds. The number of anilines is 2. The van der Waals surface area contributed by atoms with Gasteiger partial charge in [-0.3, -0.25) is 5.10 Å². The zero-order chi connectivity index (χ0) is 13.7. The first-order valence-electron chi connectivity index (χ1n) is 6.80. The molecule has 4 rings (SSSR count). The van der Waals surface area contributed by atoms with E-state index in [1.807, 2.05) is 18.2 Å². The lowest BCUT2D eigenvalue weighted by Gasteiger charge is -2.11. The molecule has 1 aromatic heterocycles. The molecule has 0 atom stereocenters. The summed E-state index contributed by atoms with van der Waals surface area (Å²) < 4.78 is 0. The lowest BCUT2D eigenvalue weighted by molar-refractivity contribution is 0.956. The highest BCUT2D eigenvalue weighted by Crippen LogP contribution is 2.33. The van der Waals surface area contributed by atoms with Gasteiger partial charge in [0.1, 0.15) is 0 Å². The molecule has 2 aromatic carbocycles. The smallest absolute Gasteiger partial charge is 0.0999 e. The topological polar surface area (TPSA) is 57.9 Å². The van der Waals surface area contributed by atoms with Crippen molar-refractivity contribution in [1.82, 2.24) is 10.2 Å². The maximum atomic E-state index is 5.81. The number of nitrogen functional groups attached to an aromatic ring is 1. The van der Waals surface area contributed by atoms with Crippen LogP contribution in [0.2, 0.25) is 0 Å². The van der Waals surface area contributed by atoms with Gasteiger partial charge in [-0.25, -0.2) is 0 Å². The average molecular weight is 264 g/mol. The van der Waals surface area contributed by atoms with E-state index in [9.17, 15) is 0 Å². The van der Waals surface area contributed by atoms with Crippen molar-refractivity contribution < 1.29 is 0 Å². The molecule has 0 saturated carbocycles. The van der Waals surface area contributed by atoms with Crippen LogP contribution < -0.4 is 10.6 Å². The van der Waals surface area contributed by atoms with Gasteiger partial charge < -0.3 is 10.6 Å². The number of H-pyrrole nitrogens is 1. The van der Waals surface area contributed by atoms with Crippen molar-refractivity contribution in [2.45, 2.75) is 6.42 Å². The zero-order valence-electron chi connectivity index (χ0n) is 11.4. The number of hydrogen-bond donors (Lipinski definition) is 2. The van der Waals surface area contributed by atoms with Crippen molar-refractivity contribution >= 4 is 22.3 Å². The number of hydrogen-bond acceptors (Lipinski definition) is 3. The van der Waals surface area contributed by atoms with E-state index in [0.29, 0.717) is 0 Å². The summed E-state index contributed by atoms with van der Waals surface area (Å²) in [4.78, 5) is 2.29. The van der Waals surface area contributed by atoms with E-state index in [-0.39, 0.29) is 0 Å². The quantitative estimate of drug-likeness (QED) is 0.664. The largest absolute Gasteiger partial charge is 0.399 e. The Bertz CT molecular complexity index is 803. The minimum atomic E-state index is 0.753. The van der Waals surface area contributed by atoms with Gasteiger partial charge in [-0.05, 0) is 42.3 Å². The molecule has 1 aliphatic heterocycles. The number of nitrogens with zero attached hydrogens (tertiary/aromatic N) is 2. The Morgan fingerprint density at radius 3 is 3.00 bits per heavy atom. The molecule has 0 spiro atoms. The molecule has 3 aromatic rings. The van der Waals surface area contributed by atoms with Crippen LogP contribution in [0.4, 0.5) is 11.4 Å². The molecule has 0 unspecified atom stereocenters. The van der Waals surface area contributed by atoms with E-state index in [0.717, 1.165) is 40.8 Å². The van der Waals surface area contributed by atoms with Crippen LogP contribution >= 0.6 is 0 Å². The molecule has 100 valence electrons. The number of aromatic amines is 1. The number of aromatic nitrogens is 2. The monoisotopic (exact) mass is 264 g/mol. The van der Waals surface area contributed by atoms with Gasteiger partial charge in [-0.15, -0.1) is 0 Å². The van der Waals surface area contributed by atoms with Gasteiger partial charge >= 0.3 is 0 Å². The second-order valence-electron chi connectivity index (χ2n) is 5.39. The number of nitrogens with two attached hydrogens (primary N) is 1. The van der Waals surface area contributed by atoms with E-state index in [2.05, 4.69) is 40.3 Å². The van der Waals surface area contributed by atoms with Gasteiger partial charge in [-0.2, -0.15) is 5.10 Å². The first kappa shape index (κ1) is 11.3. The van der Waals surface area contributed by atoms with Gasteiger partial charge in [0, 0.05) is 35.9 Å². The number of likely N-dealkylation sites (N-methyl/N-ethyl adjacent to an activating group) is 1. The third-order valence-electron chi connectivity index (χ3n) is 4.07. The van der Waals surface area contributed by atoms with Crippen molar-refractivity contribution in [3.8, 4) is 11.3 Å².